The second-order valence-corrected chi connectivity index (χ2v) is 5.26. The highest BCUT2D eigenvalue weighted by Crippen LogP contribution is 2.26. The zero-order valence-electron chi connectivity index (χ0n) is 7.90. The molecule has 0 aliphatic heterocycles. The molecule has 0 aromatic rings. The Labute approximate surface area is 79.6 Å². The van der Waals surface area contributed by atoms with Gasteiger partial charge in [-0.1, -0.05) is 19.3 Å². The van der Waals surface area contributed by atoms with Crippen molar-refractivity contribution in [2.24, 2.45) is 11.7 Å². The van der Waals surface area contributed by atoms with Crippen molar-refractivity contribution in [3.8, 4) is 0 Å². The van der Waals surface area contributed by atoms with Crippen molar-refractivity contribution in [1.29, 1.82) is 0 Å². The van der Waals surface area contributed by atoms with E-state index in [1.165, 1.54) is 6.42 Å². The van der Waals surface area contributed by atoms with Crippen LogP contribution in [0.2, 0.25) is 0 Å². The molecule has 0 bridgehead atoms. The molecule has 1 aliphatic carbocycles. The lowest BCUT2D eigenvalue weighted by atomic mass is 9.88. The number of rotatable bonds is 3. The van der Waals surface area contributed by atoms with Crippen molar-refractivity contribution in [1.82, 2.24) is 0 Å². The summed E-state index contributed by atoms with van der Waals surface area (Å²) in [4.78, 5) is 0. The van der Waals surface area contributed by atoms with Crippen molar-refractivity contribution in [3.05, 3.63) is 0 Å². The van der Waals surface area contributed by atoms with Gasteiger partial charge in [0.05, 0.1) is 6.26 Å². The van der Waals surface area contributed by atoms with Gasteiger partial charge in [-0.2, -0.15) is 8.42 Å². The molecular weight excluding hydrogens is 190 g/mol. The Hall–Kier alpha value is -0.130. The highest BCUT2D eigenvalue weighted by atomic mass is 32.2. The molecular formula is C8H17NO3S. The van der Waals surface area contributed by atoms with Crippen LogP contribution in [0.5, 0.6) is 0 Å². The summed E-state index contributed by atoms with van der Waals surface area (Å²) in [5.41, 5.74) is 5.63. The van der Waals surface area contributed by atoms with Gasteiger partial charge in [0.25, 0.3) is 10.1 Å². The Kier molecular flexibility index (Phi) is 3.70. The highest BCUT2D eigenvalue weighted by molar-refractivity contribution is 7.86. The molecule has 2 N–H and O–H groups in total. The fourth-order valence-corrected chi connectivity index (χ4v) is 2.30. The summed E-state index contributed by atoms with van der Waals surface area (Å²) >= 11 is 0. The fourth-order valence-electron chi connectivity index (χ4n) is 1.74. The minimum absolute atomic E-state index is 0.212. The SMILES string of the molecule is CS(=O)(=O)OC(N)C1CCCCC1. The molecule has 1 fully saturated rings. The monoisotopic (exact) mass is 207 g/mol. The van der Waals surface area contributed by atoms with E-state index in [1.807, 2.05) is 0 Å². The van der Waals surface area contributed by atoms with Crippen LogP contribution < -0.4 is 5.73 Å². The van der Waals surface area contributed by atoms with Crippen LogP contribution in [-0.4, -0.2) is 20.9 Å². The first-order valence-corrected chi connectivity index (χ1v) is 6.44. The van der Waals surface area contributed by atoms with Crippen LogP contribution in [0.4, 0.5) is 0 Å². The standard InChI is InChI=1S/C8H17NO3S/c1-13(10,11)12-8(9)7-5-3-2-4-6-7/h7-8H,2-6,9H2,1H3. The number of nitrogens with two attached hydrogens (primary N) is 1. The Morgan fingerprint density at radius 1 is 1.31 bits per heavy atom. The van der Waals surface area contributed by atoms with Crippen LogP contribution in [0.3, 0.4) is 0 Å². The van der Waals surface area contributed by atoms with Gasteiger partial charge >= 0.3 is 0 Å². The van der Waals surface area contributed by atoms with Crippen LogP contribution in [-0.2, 0) is 14.3 Å². The van der Waals surface area contributed by atoms with Crippen molar-refractivity contribution in [3.63, 3.8) is 0 Å². The van der Waals surface area contributed by atoms with E-state index in [-0.39, 0.29) is 5.92 Å². The third-order valence-corrected chi connectivity index (χ3v) is 2.97. The molecule has 0 radical (unpaired) electrons. The van der Waals surface area contributed by atoms with Crippen LogP contribution >= 0.6 is 0 Å². The van der Waals surface area contributed by atoms with Gasteiger partial charge in [-0.3, -0.25) is 4.18 Å². The molecule has 5 heteroatoms. The highest BCUT2D eigenvalue weighted by Gasteiger charge is 2.23. The summed E-state index contributed by atoms with van der Waals surface area (Å²) in [6.07, 6.45) is 5.84. The van der Waals surface area contributed by atoms with Gasteiger partial charge < -0.3 is 5.73 Å². The van der Waals surface area contributed by atoms with Gasteiger partial charge in [-0.15, -0.1) is 0 Å². The summed E-state index contributed by atoms with van der Waals surface area (Å²) in [6, 6.07) is 0. The lowest BCUT2D eigenvalue weighted by Crippen LogP contribution is -2.35. The third kappa shape index (κ3) is 4.06. The zero-order valence-corrected chi connectivity index (χ0v) is 8.72. The second-order valence-electron chi connectivity index (χ2n) is 3.66. The average molecular weight is 207 g/mol. The van der Waals surface area contributed by atoms with Crippen LogP contribution in [0.1, 0.15) is 32.1 Å². The average Bonchev–Trinajstić information content (AvgIpc) is 2.03. The van der Waals surface area contributed by atoms with E-state index in [9.17, 15) is 8.42 Å². The molecule has 1 rings (SSSR count). The number of hydrogen-bond acceptors (Lipinski definition) is 4. The van der Waals surface area contributed by atoms with E-state index in [0.717, 1.165) is 31.9 Å². The van der Waals surface area contributed by atoms with E-state index in [0.29, 0.717) is 0 Å². The Morgan fingerprint density at radius 2 is 1.85 bits per heavy atom. The summed E-state index contributed by atoms with van der Waals surface area (Å²) in [5, 5.41) is 0. The first-order valence-electron chi connectivity index (χ1n) is 4.63. The van der Waals surface area contributed by atoms with Crippen LogP contribution in [0.25, 0.3) is 0 Å². The van der Waals surface area contributed by atoms with Gasteiger partial charge in [-0.05, 0) is 18.8 Å². The second kappa shape index (κ2) is 4.39. The van der Waals surface area contributed by atoms with E-state index in [2.05, 4.69) is 0 Å². The largest absolute Gasteiger partial charge is 0.305 e. The van der Waals surface area contributed by atoms with Gasteiger partial charge in [0.1, 0.15) is 6.23 Å². The van der Waals surface area contributed by atoms with Crippen LogP contribution in [0.15, 0.2) is 0 Å². The zero-order chi connectivity index (χ0) is 9.90. The molecule has 1 unspecified atom stereocenters. The van der Waals surface area contributed by atoms with Gasteiger partial charge in [0.2, 0.25) is 0 Å². The first kappa shape index (κ1) is 10.9. The maximum Gasteiger partial charge on any atom is 0.265 e. The summed E-state index contributed by atoms with van der Waals surface area (Å²) in [5.74, 6) is 0.212. The molecule has 78 valence electrons. The van der Waals surface area contributed by atoms with Gasteiger partial charge in [0.15, 0.2) is 0 Å². The molecule has 0 aromatic carbocycles. The first-order chi connectivity index (χ1) is 5.99. The van der Waals surface area contributed by atoms with Gasteiger partial charge in [0, 0.05) is 0 Å². The normalized spacial score (nSPS) is 22.9. The quantitative estimate of drug-likeness (QED) is 0.549. The summed E-state index contributed by atoms with van der Waals surface area (Å²) in [6.45, 7) is 0. The maximum absolute atomic E-state index is 10.8. The molecule has 1 saturated carbocycles. The van der Waals surface area contributed by atoms with E-state index >= 15 is 0 Å². The molecule has 0 spiro atoms. The molecule has 0 amide bonds. The van der Waals surface area contributed by atoms with Crippen molar-refractivity contribution >= 4 is 10.1 Å². The van der Waals surface area contributed by atoms with E-state index in [4.69, 9.17) is 9.92 Å². The fraction of sp³-hybridized carbons (Fsp3) is 1.00. The lowest BCUT2D eigenvalue weighted by molar-refractivity contribution is 0.121. The smallest absolute Gasteiger partial charge is 0.265 e. The molecule has 4 nitrogen and oxygen atoms in total. The Bertz CT molecular complexity index is 244. The van der Waals surface area contributed by atoms with Crippen molar-refractivity contribution in [2.75, 3.05) is 6.26 Å². The van der Waals surface area contributed by atoms with E-state index in [1.54, 1.807) is 0 Å². The van der Waals surface area contributed by atoms with Gasteiger partial charge in [-0.25, -0.2) is 0 Å². The molecule has 0 saturated heterocycles. The van der Waals surface area contributed by atoms with Crippen molar-refractivity contribution < 1.29 is 12.6 Å². The van der Waals surface area contributed by atoms with E-state index < -0.39 is 16.3 Å². The topological polar surface area (TPSA) is 69.4 Å². The van der Waals surface area contributed by atoms with Crippen molar-refractivity contribution in [2.45, 2.75) is 38.3 Å². The molecule has 0 heterocycles. The van der Waals surface area contributed by atoms with Crippen LogP contribution in [0, 0.1) is 5.92 Å². The third-order valence-electron chi connectivity index (χ3n) is 2.40. The lowest BCUT2D eigenvalue weighted by Gasteiger charge is -2.26. The minimum Gasteiger partial charge on any atom is -0.305 e. The molecule has 1 aliphatic rings. The predicted octanol–water partition coefficient (Wildman–Crippen LogP) is 0.828. The minimum atomic E-state index is -3.40. The maximum atomic E-state index is 10.8. The predicted molar refractivity (Wildman–Crippen MR) is 50.5 cm³/mol. The summed E-state index contributed by atoms with van der Waals surface area (Å²) in [7, 11) is -3.40. The molecule has 0 aromatic heterocycles. The number of hydrogen-bond donors (Lipinski definition) is 1. The summed E-state index contributed by atoms with van der Waals surface area (Å²) < 4.78 is 26.3. The molecule has 1 atom stereocenters. The Morgan fingerprint density at radius 3 is 2.31 bits per heavy atom. The Balaban J connectivity index is 2.42. The molecule has 13 heavy (non-hydrogen) atoms.